The van der Waals surface area contributed by atoms with E-state index in [1.807, 2.05) is 49.4 Å². The average Bonchev–Trinajstić information content (AvgIpc) is 3.04. The van der Waals surface area contributed by atoms with Crippen molar-refractivity contribution in [3.63, 3.8) is 0 Å². The third-order valence-corrected chi connectivity index (χ3v) is 4.84. The number of β-amino-alcohol motifs (C(OH)–C–C–N with tert-alkyl or cyclic N) is 1. The molecule has 7 heteroatoms. The number of anilines is 1. The molecule has 0 saturated heterocycles. The monoisotopic (exact) mass is 396 g/mol. The molecule has 1 heterocycles. The largest absolute Gasteiger partial charge is 0.495 e. The van der Waals surface area contributed by atoms with Gasteiger partial charge in [-0.25, -0.2) is 4.79 Å². The molecule has 0 aromatic heterocycles. The number of methoxy groups -OCH3 is 2. The van der Waals surface area contributed by atoms with Crippen molar-refractivity contribution < 1.29 is 24.2 Å². The first-order chi connectivity index (χ1) is 14.0. The molecule has 0 bridgehead atoms. The molecule has 2 aromatic carbocycles. The van der Waals surface area contributed by atoms with Crippen molar-refractivity contribution in [2.45, 2.75) is 6.92 Å². The quantitative estimate of drug-likeness (QED) is 0.699. The standard InChI is InChI=1S/C22H24N2O5/c1-14-11-18(19(28-2)12-16(14)15-7-5-4-6-8-15)23-20-17(22(27)29-3)13-24(9-10-25)21(20)26/h4-8,11-12,23,25H,9-10,13H2,1-3H3. The molecule has 2 aromatic rings. The molecule has 3 rings (SSSR count). The van der Waals surface area contributed by atoms with Gasteiger partial charge >= 0.3 is 5.97 Å². The SMILES string of the molecule is COC(=O)C1=C(Nc2cc(C)c(-c3ccccc3)cc2OC)C(=O)N(CCO)C1. The second-order valence-corrected chi connectivity index (χ2v) is 6.65. The molecule has 0 saturated carbocycles. The first kappa shape index (κ1) is 20.4. The number of carbonyl (C=O) groups excluding carboxylic acids is 2. The number of hydrogen-bond acceptors (Lipinski definition) is 6. The van der Waals surface area contributed by atoms with Crippen molar-refractivity contribution in [1.82, 2.24) is 4.90 Å². The van der Waals surface area contributed by atoms with Crippen molar-refractivity contribution in [3.05, 3.63) is 59.3 Å². The van der Waals surface area contributed by atoms with Crippen LogP contribution in [0.1, 0.15) is 5.56 Å². The molecule has 0 spiro atoms. The fourth-order valence-electron chi connectivity index (χ4n) is 3.37. The molecule has 1 aliphatic rings. The Labute approximate surface area is 169 Å². The summed E-state index contributed by atoms with van der Waals surface area (Å²) in [4.78, 5) is 26.3. The lowest BCUT2D eigenvalue weighted by molar-refractivity contribution is -0.136. The Morgan fingerprint density at radius 3 is 2.55 bits per heavy atom. The molecule has 0 aliphatic carbocycles. The summed E-state index contributed by atoms with van der Waals surface area (Å²) in [6.45, 7) is 1.99. The third kappa shape index (κ3) is 4.09. The Kier molecular flexibility index (Phi) is 6.19. The fourth-order valence-corrected chi connectivity index (χ4v) is 3.37. The van der Waals surface area contributed by atoms with Gasteiger partial charge in [0.15, 0.2) is 0 Å². The maximum absolute atomic E-state index is 12.7. The van der Waals surface area contributed by atoms with Crippen LogP contribution in [0.3, 0.4) is 0 Å². The summed E-state index contributed by atoms with van der Waals surface area (Å²) in [6.07, 6.45) is 0. The van der Waals surface area contributed by atoms with E-state index in [9.17, 15) is 14.7 Å². The van der Waals surface area contributed by atoms with Gasteiger partial charge in [-0.1, -0.05) is 30.3 Å². The van der Waals surface area contributed by atoms with Crippen molar-refractivity contribution in [1.29, 1.82) is 0 Å². The van der Waals surface area contributed by atoms with Crippen molar-refractivity contribution in [3.8, 4) is 16.9 Å². The number of ether oxygens (including phenoxy) is 2. The van der Waals surface area contributed by atoms with Crippen LogP contribution >= 0.6 is 0 Å². The van der Waals surface area contributed by atoms with Gasteiger partial charge in [0, 0.05) is 6.54 Å². The van der Waals surface area contributed by atoms with E-state index in [1.165, 1.54) is 12.0 Å². The summed E-state index contributed by atoms with van der Waals surface area (Å²) in [5.41, 5.74) is 3.97. The summed E-state index contributed by atoms with van der Waals surface area (Å²) < 4.78 is 10.4. The average molecular weight is 396 g/mol. The predicted molar refractivity (Wildman–Crippen MR) is 109 cm³/mol. The zero-order valence-electron chi connectivity index (χ0n) is 16.7. The van der Waals surface area contributed by atoms with E-state index in [4.69, 9.17) is 9.47 Å². The van der Waals surface area contributed by atoms with Crippen LogP contribution in [-0.4, -0.2) is 55.8 Å². The molecule has 29 heavy (non-hydrogen) atoms. The van der Waals surface area contributed by atoms with Crippen LogP contribution in [0, 0.1) is 6.92 Å². The van der Waals surface area contributed by atoms with E-state index in [1.54, 1.807) is 7.11 Å². The van der Waals surface area contributed by atoms with E-state index in [0.717, 1.165) is 16.7 Å². The van der Waals surface area contributed by atoms with Gasteiger partial charge in [-0.15, -0.1) is 0 Å². The number of amides is 1. The first-order valence-electron chi connectivity index (χ1n) is 9.22. The molecular weight excluding hydrogens is 372 g/mol. The molecular formula is C22H24N2O5. The van der Waals surface area contributed by atoms with Gasteiger partial charge in [-0.3, -0.25) is 4.79 Å². The number of nitrogens with zero attached hydrogens (tertiary/aromatic N) is 1. The Balaban J connectivity index is 2.00. The number of hydrogen-bond donors (Lipinski definition) is 2. The van der Waals surface area contributed by atoms with Crippen molar-refractivity contribution in [2.24, 2.45) is 0 Å². The number of esters is 1. The molecule has 1 amide bonds. The highest BCUT2D eigenvalue weighted by molar-refractivity contribution is 6.08. The number of benzene rings is 2. The van der Waals surface area contributed by atoms with Crippen LogP contribution in [0.15, 0.2) is 53.7 Å². The molecule has 2 N–H and O–H groups in total. The Bertz CT molecular complexity index is 953. The topological polar surface area (TPSA) is 88.1 Å². The Morgan fingerprint density at radius 1 is 1.21 bits per heavy atom. The minimum atomic E-state index is -0.585. The smallest absolute Gasteiger partial charge is 0.337 e. The van der Waals surface area contributed by atoms with Crippen LogP contribution in [0.4, 0.5) is 5.69 Å². The van der Waals surface area contributed by atoms with Gasteiger partial charge in [0.1, 0.15) is 11.4 Å². The molecule has 0 fully saturated rings. The summed E-state index contributed by atoms with van der Waals surface area (Å²) in [6, 6.07) is 13.7. The van der Waals surface area contributed by atoms with Gasteiger partial charge in [0.05, 0.1) is 38.6 Å². The zero-order valence-corrected chi connectivity index (χ0v) is 16.7. The minimum Gasteiger partial charge on any atom is -0.495 e. The summed E-state index contributed by atoms with van der Waals surface area (Å²) >= 11 is 0. The maximum atomic E-state index is 12.7. The number of aliphatic hydroxyl groups is 1. The van der Waals surface area contributed by atoms with Gasteiger partial charge < -0.3 is 24.8 Å². The third-order valence-electron chi connectivity index (χ3n) is 4.84. The van der Waals surface area contributed by atoms with E-state index >= 15 is 0 Å². The lowest BCUT2D eigenvalue weighted by Gasteiger charge is -2.17. The summed E-state index contributed by atoms with van der Waals surface area (Å²) in [5.74, 6) is -0.413. The number of rotatable bonds is 7. The minimum absolute atomic E-state index is 0.0811. The lowest BCUT2D eigenvalue weighted by Crippen LogP contribution is -2.31. The number of nitrogens with one attached hydrogen (secondary N) is 1. The van der Waals surface area contributed by atoms with Gasteiger partial charge in [0.25, 0.3) is 5.91 Å². The van der Waals surface area contributed by atoms with Crippen LogP contribution in [-0.2, 0) is 14.3 Å². The normalized spacial score (nSPS) is 13.7. The highest BCUT2D eigenvalue weighted by Gasteiger charge is 2.34. The maximum Gasteiger partial charge on any atom is 0.337 e. The van der Waals surface area contributed by atoms with Crippen LogP contribution in [0.5, 0.6) is 5.75 Å². The van der Waals surface area contributed by atoms with E-state index in [0.29, 0.717) is 11.4 Å². The van der Waals surface area contributed by atoms with E-state index in [-0.39, 0.29) is 36.9 Å². The van der Waals surface area contributed by atoms with Crippen LogP contribution in [0.2, 0.25) is 0 Å². The fraction of sp³-hybridized carbons (Fsp3) is 0.273. The molecule has 0 unspecified atom stereocenters. The number of carbonyl (C=O) groups is 2. The summed E-state index contributed by atoms with van der Waals surface area (Å²) in [5, 5.41) is 12.3. The Hall–Kier alpha value is -3.32. The van der Waals surface area contributed by atoms with Gasteiger partial charge in [-0.05, 0) is 35.7 Å². The molecule has 0 atom stereocenters. The second-order valence-electron chi connectivity index (χ2n) is 6.65. The van der Waals surface area contributed by atoms with Crippen LogP contribution in [0.25, 0.3) is 11.1 Å². The Morgan fingerprint density at radius 2 is 1.93 bits per heavy atom. The van der Waals surface area contributed by atoms with Crippen LogP contribution < -0.4 is 10.1 Å². The molecule has 152 valence electrons. The van der Waals surface area contributed by atoms with Crippen molar-refractivity contribution >= 4 is 17.6 Å². The van der Waals surface area contributed by atoms with Gasteiger partial charge in [0.2, 0.25) is 0 Å². The molecule has 7 nitrogen and oxygen atoms in total. The lowest BCUT2D eigenvalue weighted by atomic mass is 9.99. The van der Waals surface area contributed by atoms with E-state index < -0.39 is 5.97 Å². The summed E-state index contributed by atoms with van der Waals surface area (Å²) in [7, 11) is 2.82. The second kappa shape index (κ2) is 8.79. The van der Waals surface area contributed by atoms with Crippen molar-refractivity contribution in [2.75, 3.05) is 39.2 Å². The molecule has 0 radical (unpaired) electrons. The number of aliphatic hydroxyl groups excluding tert-OH is 1. The highest BCUT2D eigenvalue weighted by Crippen LogP contribution is 2.35. The highest BCUT2D eigenvalue weighted by atomic mass is 16.5. The van der Waals surface area contributed by atoms with Gasteiger partial charge in [-0.2, -0.15) is 0 Å². The first-order valence-corrected chi connectivity index (χ1v) is 9.22. The molecule has 1 aliphatic heterocycles. The predicted octanol–water partition coefficient (Wildman–Crippen LogP) is 2.34. The number of aryl methyl sites for hydroxylation is 1. The zero-order chi connectivity index (χ0) is 21.0. The van der Waals surface area contributed by atoms with E-state index in [2.05, 4.69) is 5.32 Å².